The van der Waals surface area contributed by atoms with Gasteiger partial charge in [-0.05, 0) is 25.0 Å². The molecule has 7 heteroatoms. The molecule has 0 radical (unpaired) electrons. The molecule has 7 nitrogen and oxygen atoms in total. The third-order valence-corrected chi connectivity index (χ3v) is 4.91. The van der Waals surface area contributed by atoms with E-state index in [1.807, 2.05) is 6.07 Å². The van der Waals surface area contributed by atoms with E-state index in [4.69, 9.17) is 9.47 Å². The minimum atomic E-state index is -0.371. The number of nitrogens with one attached hydrogen (secondary N) is 2. The molecule has 0 saturated carbocycles. The van der Waals surface area contributed by atoms with Crippen LogP contribution in [-0.4, -0.2) is 55.3 Å². The number of morpholine rings is 1. The van der Waals surface area contributed by atoms with Crippen LogP contribution in [0.5, 0.6) is 0 Å². The van der Waals surface area contributed by atoms with Crippen LogP contribution in [0.1, 0.15) is 28.8 Å². The molecule has 4 rings (SSSR count). The van der Waals surface area contributed by atoms with Gasteiger partial charge in [0, 0.05) is 36.5 Å². The van der Waals surface area contributed by atoms with E-state index in [0.717, 1.165) is 25.0 Å². The maximum absolute atomic E-state index is 12.7. The standard InChI is InChI=1S/C17H21N3O4/c21-15-12-3-1-4-14(13(12)9-18-15)19-16(22)20-6-8-24-17(10-20)5-2-7-23-11-17/h1,3-4H,2,5-11H2,(H,18,21)(H,19,22). The Labute approximate surface area is 140 Å². The van der Waals surface area contributed by atoms with Crippen LogP contribution in [0.2, 0.25) is 0 Å². The largest absolute Gasteiger partial charge is 0.378 e. The van der Waals surface area contributed by atoms with Gasteiger partial charge in [-0.3, -0.25) is 4.79 Å². The third kappa shape index (κ3) is 2.74. The van der Waals surface area contributed by atoms with Gasteiger partial charge in [0.25, 0.3) is 5.91 Å². The molecule has 0 aromatic heterocycles. The van der Waals surface area contributed by atoms with Crippen LogP contribution >= 0.6 is 0 Å². The Kier molecular flexibility index (Phi) is 3.90. The predicted molar refractivity (Wildman–Crippen MR) is 86.9 cm³/mol. The first kappa shape index (κ1) is 15.4. The van der Waals surface area contributed by atoms with E-state index in [9.17, 15) is 9.59 Å². The second-order valence-electron chi connectivity index (χ2n) is 6.55. The van der Waals surface area contributed by atoms with Crippen molar-refractivity contribution in [2.45, 2.75) is 25.0 Å². The van der Waals surface area contributed by atoms with Crippen LogP contribution in [-0.2, 0) is 16.0 Å². The minimum Gasteiger partial charge on any atom is -0.378 e. The predicted octanol–water partition coefficient (Wildman–Crippen LogP) is 1.34. The molecule has 3 aliphatic heterocycles. The highest BCUT2D eigenvalue weighted by molar-refractivity contribution is 6.01. The van der Waals surface area contributed by atoms with E-state index >= 15 is 0 Å². The molecule has 0 bridgehead atoms. The lowest BCUT2D eigenvalue weighted by atomic mass is 9.94. The number of rotatable bonds is 1. The summed E-state index contributed by atoms with van der Waals surface area (Å²) < 4.78 is 11.5. The van der Waals surface area contributed by atoms with Gasteiger partial charge in [0.15, 0.2) is 0 Å². The number of hydrogen-bond acceptors (Lipinski definition) is 4. The number of fused-ring (bicyclic) bond motifs is 1. The highest BCUT2D eigenvalue weighted by atomic mass is 16.5. The van der Waals surface area contributed by atoms with Crippen molar-refractivity contribution in [2.75, 3.05) is 38.2 Å². The van der Waals surface area contributed by atoms with E-state index in [0.29, 0.717) is 44.1 Å². The van der Waals surface area contributed by atoms with Crippen LogP contribution in [0.3, 0.4) is 0 Å². The maximum Gasteiger partial charge on any atom is 0.322 e. The van der Waals surface area contributed by atoms with Crippen LogP contribution < -0.4 is 10.6 Å². The average molecular weight is 331 g/mol. The fourth-order valence-corrected chi connectivity index (χ4v) is 3.65. The summed E-state index contributed by atoms with van der Waals surface area (Å²) in [5, 5.41) is 5.74. The van der Waals surface area contributed by atoms with Crippen LogP contribution in [0.4, 0.5) is 10.5 Å². The van der Waals surface area contributed by atoms with Gasteiger partial charge in [-0.25, -0.2) is 4.79 Å². The summed E-state index contributed by atoms with van der Waals surface area (Å²) in [6.45, 7) is 3.35. The van der Waals surface area contributed by atoms with Crippen molar-refractivity contribution in [3.8, 4) is 0 Å². The van der Waals surface area contributed by atoms with Gasteiger partial charge in [-0.2, -0.15) is 0 Å². The molecule has 128 valence electrons. The number of benzene rings is 1. The number of nitrogens with zero attached hydrogens (tertiary/aromatic N) is 1. The lowest BCUT2D eigenvalue weighted by molar-refractivity contribution is -0.159. The van der Waals surface area contributed by atoms with Gasteiger partial charge >= 0.3 is 6.03 Å². The van der Waals surface area contributed by atoms with E-state index in [2.05, 4.69) is 10.6 Å². The van der Waals surface area contributed by atoms with Crippen molar-refractivity contribution in [2.24, 2.45) is 0 Å². The van der Waals surface area contributed by atoms with Crippen molar-refractivity contribution in [3.05, 3.63) is 29.3 Å². The smallest absolute Gasteiger partial charge is 0.322 e. The Morgan fingerprint density at radius 3 is 3.08 bits per heavy atom. The van der Waals surface area contributed by atoms with Crippen molar-refractivity contribution in [3.63, 3.8) is 0 Å². The Hall–Kier alpha value is -2.12. The van der Waals surface area contributed by atoms with Crippen LogP contribution in [0.25, 0.3) is 0 Å². The van der Waals surface area contributed by atoms with Crippen molar-refractivity contribution in [1.29, 1.82) is 0 Å². The van der Waals surface area contributed by atoms with Gasteiger partial charge < -0.3 is 25.0 Å². The number of hydrogen-bond donors (Lipinski definition) is 2. The monoisotopic (exact) mass is 331 g/mol. The van der Waals surface area contributed by atoms with Gasteiger partial charge in [-0.15, -0.1) is 0 Å². The zero-order valence-electron chi connectivity index (χ0n) is 13.5. The summed E-state index contributed by atoms with van der Waals surface area (Å²) in [6, 6.07) is 5.23. The molecule has 3 aliphatic rings. The van der Waals surface area contributed by atoms with Crippen molar-refractivity contribution >= 4 is 17.6 Å². The third-order valence-electron chi connectivity index (χ3n) is 4.91. The molecule has 0 aliphatic carbocycles. The molecule has 1 unspecified atom stereocenters. The lowest BCUT2D eigenvalue weighted by Crippen LogP contribution is -2.58. The van der Waals surface area contributed by atoms with E-state index in [-0.39, 0.29) is 17.5 Å². The number of carbonyl (C=O) groups excluding carboxylic acids is 2. The Morgan fingerprint density at radius 2 is 2.25 bits per heavy atom. The lowest BCUT2D eigenvalue weighted by Gasteiger charge is -2.44. The van der Waals surface area contributed by atoms with Gasteiger partial charge in [0.1, 0.15) is 5.60 Å². The first-order valence-corrected chi connectivity index (χ1v) is 8.35. The second-order valence-corrected chi connectivity index (χ2v) is 6.55. The second kappa shape index (κ2) is 6.07. The number of anilines is 1. The average Bonchev–Trinajstić information content (AvgIpc) is 2.98. The number of amides is 3. The number of urea groups is 1. The molecule has 2 saturated heterocycles. The molecule has 2 N–H and O–H groups in total. The maximum atomic E-state index is 12.7. The first-order valence-electron chi connectivity index (χ1n) is 8.35. The summed E-state index contributed by atoms with van der Waals surface area (Å²) in [7, 11) is 0. The van der Waals surface area contributed by atoms with Crippen molar-refractivity contribution < 1.29 is 19.1 Å². The number of ether oxygens (including phenoxy) is 2. The SMILES string of the molecule is O=C1NCc2c(NC(=O)N3CCOC4(CCCOC4)C3)cccc21. The molecule has 1 spiro atoms. The topological polar surface area (TPSA) is 79.9 Å². The van der Waals surface area contributed by atoms with Crippen molar-refractivity contribution in [1.82, 2.24) is 10.2 Å². The Morgan fingerprint density at radius 1 is 1.33 bits per heavy atom. The quantitative estimate of drug-likeness (QED) is 0.814. The minimum absolute atomic E-state index is 0.0919. The summed E-state index contributed by atoms with van der Waals surface area (Å²) in [6.07, 6.45) is 1.87. The summed E-state index contributed by atoms with van der Waals surface area (Å²) in [4.78, 5) is 26.2. The normalized spacial score (nSPS) is 26.2. The zero-order valence-corrected chi connectivity index (χ0v) is 13.5. The van der Waals surface area contributed by atoms with E-state index < -0.39 is 0 Å². The molecule has 24 heavy (non-hydrogen) atoms. The number of carbonyl (C=O) groups is 2. The van der Waals surface area contributed by atoms with Gasteiger partial charge in [0.2, 0.25) is 0 Å². The molecule has 1 atom stereocenters. The van der Waals surface area contributed by atoms with Crippen LogP contribution in [0, 0.1) is 0 Å². The molecular formula is C17H21N3O4. The van der Waals surface area contributed by atoms with Crippen LogP contribution in [0.15, 0.2) is 18.2 Å². The highest BCUT2D eigenvalue weighted by Gasteiger charge is 2.40. The Balaban J connectivity index is 1.48. The van der Waals surface area contributed by atoms with Gasteiger partial charge in [0.05, 0.1) is 19.8 Å². The zero-order chi connectivity index (χ0) is 16.6. The summed E-state index contributed by atoms with van der Waals surface area (Å²) >= 11 is 0. The van der Waals surface area contributed by atoms with Gasteiger partial charge in [-0.1, -0.05) is 6.07 Å². The van der Waals surface area contributed by atoms with E-state index in [1.165, 1.54) is 0 Å². The molecule has 2 fully saturated rings. The molecule has 3 heterocycles. The summed E-state index contributed by atoms with van der Waals surface area (Å²) in [5.41, 5.74) is 1.80. The summed E-state index contributed by atoms with van der Waals surface area (Å²) in [5.74, 6) is -0.0919. The highest BCUT2D eigenvalue weighted by Crippen LogP contribution is 2.29. The fraction of sp³-hybridized carbons (Fsp3) is 0.529. The van der Waals surface area contributed by atoms with E-state index in [1.54, 1.807) is 17.0 Å². The Bertz CT molecular complexity index is 664. The molecule has 1 aromatic carbocycles. The molecular weight excluding hydrogens is 310 g/mol. The fourth-order valence-electron chi connectivity index (χ4n) is 3.65. The molecule has 1 aromatic rings. The molecule has 3 amide bonds. The first-order chi connectivity index (χ1) is 11.7.